The summed E-state index contributed by atoms with van der Waals surface area (Å²) >= 11 is 0. The number of ether oxygens (including phenoxy) is 1. The second-order valence-electron chi connectivity index (χ2n) is 5.48. The molecule has 1 N–H and O–H groups in total. The van der Waals surface area contributed by atoms with E-state index in [1.165, 1.54) is 16.7 Å². The lowest BCUT2D eigenvalue weighted by Gasteiger charge is -2.22. The molecule has 2 aromatic rings. The third-order valence-corrected chi connectivity index (χ3v) is 4.06. The Morgan fingerprint density at radius 3 is 2.90 bits per heavy atom. The van der Waals surface area contributed by atoms with Crippen LogP contribution in [0.3, 0.4) is 0 Å². The Bertz CT molecular complexity index is 604. The van der Waals surface area contributed by atoms with Crippen LogP contribution in [0.5, 0.6) is 5.75 Å². The van der Waals surface area contributed by atoms with Gasteiger partial charge >= 0.3 is 0 Å². The maximum atomic E-state index is 10.1. The molecule has 0 spiro atoms. The number of hydrogen-bond donors (Lipinski definition) is 1. The van der Waals surface area contributed by atoms with Crippen LogP contribution < -0.4 is 4.74 Å². The molecule has 0 fully saturated rings. The van der Waals surface area contributed by atoms with Gasteiger partial charge in [0.25, 0.3) is 0 Å². The number of fused-ring (bicyclic) bond motifs is 1. The van der Waals surface area contributed by atoms with E-state index in [1.807, 2.05) is 24.3 Å². The summed E-state index contributed by atoms with van der Waals surface area (Å²) in [5, 5.41) is 10.1. The minimum absolute atomic E-state index is 0.333. The highest BCUT2D eigenvalue weighted by Crippen LogP contribution is 2.32. The van der Waals surface area contributed by atoms with Crippen LogP contribution in [0, 0.1) is 6.92 Å². The van der Waals surface area contributed by atoms with E-state index in [4.69, 9.17) is 4.74 Å². The molecular formula is C18H20O2. The molecule has 0 aliphatic heterocycles. The lowest BCUT2D eigenvalue weighted by molar-refractivity contribution is 0.156. The summed E-state index contributed by atoms with van der Waals surface area (Å²) in [6.07, 6.45) is 2.65. The first-order chi connectivity index (χ1) is 9.74. The average molecular weight is 268 g/mol. The van der Waals surface area contributed by atoms with Crippen molar-refractivity contribution >= 4 is 0 Å². The van der Waals surface area contributed by atoms with Crippen molar-refractivity contribution in [3.8, 4) is 5.75 Å². The van der Waals surface area contributed by atoms with Gasteiger partial charge in [0.1, 0.15) is 12.4 Å². The van der Waals surface area contributed by atoms with E-state index in [1.54, 1.807) is 0 Å². The second kappa shape index (κ2) is 5.68. The summed E-state index contributed by atoms with van der Waals surface area (Å²) < 4.78 is 5.88. The van der Waals surface area contributed by atoms with Crippen LogP contribution >= 0.6 is 0 Å². The summed E-state index contributed by atoms with van der Waals surface area (Å²) in [5.74, 6) is 0.841. The van der Waals surface area contributed by atoms with Crippen LogP contribution in [-0.4, -0.2) is 5.11 Å². The first-order valence-corrected chi connectivity index (χ1v) is 7.22. The zero-order valence-electron chi connectivity index (χ0n) is 11.8. The zero-order chi connectivity index (χ0) is 13.9. The van der Waals surface area contributed by atoms with E-state index in [0.29, 0.717) is 6.61 Å². The number of rotatable bonds is 3. The molecule has 2 heteroatoms. The quantitative estimate of drug-likeness (QED) is 0.913. The fourth-order valence-electron chi connectivity index (χ4n) is 2.78. The smallest absolute Gasteiger partial charge is 0.120 e. The monoisotopic (exact) mass is 268 g/mol. The van der Waals surface area contributed by atoms with E-state index in [9.17, 15) is 5.11 Å². The van der Waals surface area contributed by atoms with Gasteiger partial charge in [-0.1, -0.05) is 30.3 Å². The molecule has 0 aromatic heterocycles. The summed E-state index contributed by atoms with van der Waals surface area (Å²) in [4.78, 5) is 0. The third kappa shape index (κ3) is 2.70. The fraction of sp³-hybridized carbons (Fsp3) is 0.333. The third-order valence-electron chi connectivity index (χ3n) is 4.06. The van der Waals surface area contributed by atoms with E-state index in [-0.39, 0.29) is 6.10 Å². The van der Waals surface area contributed by atoms with Gasteiger partial charge in [0.15, 0.2) is 0 Å². The molecule has 0 amide bonds. The van der Waals surface area contributed by atoms with E-state index < -0.39 is 0 Å². The van der Waals surface area contributed by atoms with Gasteiger partial charge in [-0.25, -0.2) is 0 Å². The van der Waals surface area contributed by atoms with Gasteiger partial charge in [-0.3, -0.25) is 0 Å². The Balaban J connectivity index is 1.75. The van der Waals surface area contributed by atoms with Crippen molar-refractivity contribution in [2.75, 3.05) is 0 Å². The van der Waals surface area contributed by atoms with Crippen LogP contribution in [0.1, 0.15) is 41.2 Å². The molecule has 0 bridgehead atoms. The van der Waals surface area contributed by atoms with Crippen molar-refractivity contribution < 1.29 is 9.84 Å². The summed E-state index contributed by atoms with van der Waals surface area (Å²) in [6, 6.07) is 14.3. The highest BCUT2D eigenvalue weighted by atomic mass is 16.5. The number of aliphatic hydroxyl groups excluding tert-OH is 1. The fourth-order valence-corrected chi connectivity index (χ4v) is 2.78. The molecule has 0 saturated carbocycles. The lowest BCUT2D eigenvalue weighted by Crippen LogP contribution is -2.09. The Kier molecular flexibility index (Phi) is 3.75. The van der Waals surface area contributed by atoms with E-state index in [0.717, 1.165) is 30.6 Å². The van der Waals surface area contributed by atoms with Gasteiger partial charge < -0.3 is 9.84 Å². The van der Waals surface area contributed by atoms with Crippen molar-refractivity contribution in [3.63, 3.8) is 0 Å². The minimum atomic E-state index is -0.333. The lowest BCUT2D eigenvalue weighted by atomic mass is 9.89. The maximum Gasteiger partial charge on any atom is 0.120 e. The van der Waals surface area contributed by atoms with Crippen molar-refractivity contribution in [3.05, 3.63) is 64.7 Å². The van der Waals surface area contributed by atoms with Crippen LogP contribution in [-0.2, 0) is 13.0 Å². The summed E-state index contributed by atoms with van der Waals surface area (Å²) in [6.45, 7) is 2.66. The van der Waals surface area contributed by atoms with Crippen molar-refractivity contribution in [1.29, 1.82) is 0 Å². The van der Waals surface area contributed by atoms with Gasteiger partial charge in [-0.15, -0.1) is 0 Å². The molecule has 0 unspecified atom stereocenters. The second-order valence-corrected chi connectivity index (χ2v) is 5.48. The normalized spacial score (nSPS) is 17.6. The Hall–Kier alpha value is -1.80. The molecule has 0 radical (unpaired) electrons. The average Bonchev–Trinajstić information content (AvgIpc) is 2.47. The van der Waals surface area contributed by atoms with Crippen molar-refractivity contribution in [2.45, 2.75) is 38.9 Å². The highest BCUT2D eigenvalue weighted by Gasteiger charge is 2.18. The van der Waals surface area contributed by atoms with Crippen LogP contribution in [0.15, 0.2) is 42.5 Å². The maximum absolute atomic E-state index is 10.1. The molecule has 20 heavy (non-hydrogen) atoms. The van der Waals surface area contributed by atoms with Gasteiger partial charge in [-0.2, -0.15) is 0 Å². The Labute approximate surface area is 120 Å². The molecule has 0 heterocycles. The zero-order valence-corrected chi connectivity index (χ0v) is 11.8. The molecule has 0 saturated heterocycles. The first-order valence-electron chi connectivity index (χ1n) is 7.22. The molecule has 2 aromatic carbocycles. The largest absolute Gasteiger partial charge is 0.489 e. The van der Waals surface area contributed by atoms with Gasteiger partial charge in [0.2, 0.25) is 0 Å². The van der Waals surface area contributed by atoms with Crippen LogP contribution in [0.4, 0.5) is 0 Å². The highest BCUT2D eigenvalue weighted by molar-refractivity contribution is 5.38. The first kappa shape index (κ1) is 13.2. The SMILES string of the molecule is Cc1ccccc1COc1ccc2c(c1)[C@H](O)CCC2. The number of benzene rings is 2. The standard InChI is InChI=1S/C18H20O2/c1-13-5-2-3-6-15(13)12-20-16-10-9-14-7-4-8-18(19)17(14)11-16/h2-3,5-6,9-11,18-19H,4,7-8,12H2,1H3/t18-/m1/s1. The molecule has 1 atom stereocenters. The molecule has 2 nitrogen and oxygen atoms in total. The number of hydrogen-bond acceptors (Lipinski definition) is 2. The van der Waals surface area contributed by atoms with E-state index in [2.05, 4.69) is 25.1 Å². The molecular weight excluding hydrogens is 248 g/mol. The Morgan fingerprint density at radius 2 is 2.05 bits per heavy atom. The molecule has 3 rings (SSSR count). The van der Waals surface area contributed by atoms with Gasteiger partial charge in [0, 0.05) is 0 Å². The summed E-state index contributed by atoms with van der Waals surface area (Å²) in [5.41, 5.74) is 4.74. The van der Waals surface area contributed by atoms with Crippen LogP contribution in [0.2, 0.25) is 0 Å². The minimum Gasteiger partial charge on any atom is -0.489 e. The van der Waals surface area contributed by atoms with Crippen LogP contribution in [0.25, 0.3) is 0 Å². The molecule has 1 aliphatic carbocycles. The van der Waals surface area contributed by atoms with Gasteiger partial charge in [0.05, 0.1) is 6.10 Å². The predicted octanol–water partition coefficient (Wildman–Crippen LogP) is 3.94. The number of aliphatic hydroxyl groups is 1. The van der Waals surface area contributed by atoms with Crippen molar-refractivity contribution in [1.82, 2.24) is 0 Å². The summed E-state index contributed by atoms with van der Waals surface area (Å²) in [7, 11) is 0. The molecule has 104 valence electrons. The Morgan fingerprint density at radius 1 is 1.20 bits per heavy atom. The van der Waals surface area contributed by atoms with Crippen molar-refractivity contribution in [2.24, 2.45) is 0 Å². The predicted molar refractivity (Wildman–Crippen MR) is 79.9 cm³/mol. The van der Waals surface area contributed by atoms with Gasteiger partial charge in [-0.05, 0) is 60.6 Å². The van der Waals surface area contributed by atoms with E-state index >= 15 is 0 Å². The number of aryl methyl sites for hydroxylation is 2. The topological polar surface area (TPSA) is 29.5 Å². The molecule has 1 aliphatic rings.